The van der Waals surface area contributed by atoms with Gasteiger partial charge in [0.25, 0.3) is 0 Å². The highest BCUT2D eigenvalue weighted by atomic mass is 32.1. The summed E-state index contributed by atoms with van der Waals surface area (Å²) in [5.74, 6) is -0.0655. The normalized spacial score (nSPS) is 10.5. The summed E-state index contributed by atoms with van der Waals surface area (Å²) in [6.45, 7) is 1.41. The fourth-order valence-electron chi connectivity index (χ4n) is 1.48. The summed E-state index contributed by atoms with van der Waals surface area (Å²) in [6.07, 6.45) is 1.77. The van der Waals surface area contributed by atoms with Gasteiger partial charge in [-0.25, -0.2) is 4.68 Å². The van der Waals surface area contributed by atoms with Crippen LogP contribution >= 0.6 is 11.3 Å². The van der Waals surface area contributed by atoms with Gasteiger partial charge < -0.3 is 10.6 Å². The number of aromatic nitrogens is 3. The molecule has 2 aromatic heterocycles. The van der Waals surface area contributed by atoms with E-state index in [1.165, 1.54) is 4.68 Å². The molecule has 0 aliphatic heterocycles. The van der Waals surface area contributed by atoms with Gasteiger partial charge in [0.2, 0.25) is 5.91 Å². The van der Waals surface area contributed by atoms with Crippen molar-refractivity contribution in [2.24, 2.45) is 0 Å². The second kappa shape index (κ2) is 6.27. The maximum Gasteiger partial charge on any atom is 0.242 e. The van der Waals surface area contributed by atoms with Gasteiger partial charge in [-0.1, -0.05) is 11.3 Å². The first-order valence-electron chi connectivity index (χ1n) is 5.60. The van der Waals surface area contributed by atoms with E-state index < -0.39 is 0 Å². The van der Waals surface area contributed by atoms with Crippen LogP contribution < -0.4 is 10.6 Å². The molecule has 1 amide bonds. The molecule has 96 valence electrons. The lowest BCUT2D eigenvalue weighted by Gasteiger charge is -2.02. The van der Waals surface area contributed by atoms with Crippen LogP contribution in [0.15, 0.2) is 23.7 Å². The van der Waals surface area contributed by atoms with Crippen LogP contribution in [0.3, 0.4) is 0 Å². The van der Waals surface area contributed by atoms with Crippen LogP contribution in [0.5, 0.6) is 0 Å². The predicted octanol–water partition coefficient (Wildman–Crippen LogP) is 0.375. The molecule has 0 aliphatic carbocycles. The molecule has 2 N–H and O–H groups in total. The number of hydrogen-bond donors (Lipinski definition) is 2. The molecule has 0 aliphatic rings. The summed E-state index contributed by atoms with van der Waals surface area (Å²) in [7, 11) is 1.84. The van der Waals surface area contributed by atoms with E-state index in [1.54, 1.807) is 17.5 Å². The maximum absolute atomic E-state index is 11.7. The Morgan fingerprint density at radius 3 is 3.11 bits per heavy atom. The minimum Gasteiger partial charge on any atom is -0.350 e. The molecule has 2 rings (SSSR count). The largest absolute Gasteiger partial charge is 0.350 e. The quantitative estimate of drug-likeness (QED) is 0.792. The van der Waals surface area contributed by atoms with E-state index >= 15 is 0 Å². The molecule has 0 atom stereocenters. The highest BCUT2D eigenvalue weighted by Gasteiger charge is 2.05. The SMILES string of the molecule is CNCc1cn(CC(=O)NCc2cccs2)nn1. The number of rotatable bonds is 6. The lowest BCUT2D eigenvalue weighted by molar-refractivity contribution is -0.122. The monoisotopic (exact) mass is 265 g/mol. The van der Waals surface area contributed by atoms with Crippen molar-refractivity contribution >= 4 is 17.2 Å². The van der Waals surface area contributed by atoms with Crippen molar-refractivity contribution in [2.75, 3.05) is 7.05 Å². The van der Waals surface area contributed by atoms with E-state index in [2.05, 4.69) is 20.9 Å². The molecular weight excluding hydrogens is 250 g/mol. The number of hydrogen-bond acceptors (Lipinski definition) is 5. The van der Waals surface area contributed by atoms with E-state index in [1.807, 2.05) is 24.6 Å². The van der Waals surface area contributed by atoms with Gasteiger partial charge in [-0.05, 0) is 18.5 Å². The molecule has 6 nitrogen and oxygen atoms in total. The third kappa shape index (κ3) is 3.64. The number of carbonyl (C=O) groups excluding carboxylic acids is 1. The van der Waals surface area contributed by atoms with Crippen LogP contribution in [-0.2, 0) is 24.4 Å². The molecule has 0 spiro atoms. The van der Waals surface area contributed by atoms with Crippen LogP contribution in [0.1, 0.15) is 10.6 Å². The van der Waals surface area contributed by atoms with Crippen molar-refractivity contribution in [1.29, 1.82) is 0 Å². The number of nitrogens with zero attached hydrogens (tertiary/aromatic N) is 3. The van der Waals surface area contributed by atoms with Gasteiger partial charge in [-0.15, -0.1) is 16.4 Å². The van der Waals surface area contributed by atoms with E-state index in [9.17, 15) is 4.79 Å². The molecular formula is C11H15N5OS. The number of amides is 1. The summed E-state index contributed by atoms with van der Waals surface area (Å²) in [5.41, 5.74) is 0.823. The topological polar surface area (TPSA) is 71.8 Å². The second-order valence-electron chi connectivity index (χ2n) is 3.79. The minimum atomic E-state index is -0.0655. The first kappa shape index (κ1) is 12.7. The van der Waals surface area contributed by atoms with E-state index in [0.717, 1.165) is 10.6 Å². The van der Waals surface area contributed by atoms with Crippen molar-refractivity contribution < 1.29 is 4.79 Å². The first-order chi connectivity index (χ1) is 8.78. The zero-order chi connectivity index (χ0) is 12.8. The van der Waals surface area contributed by atoms with E-state index in [-0.39, 0.29) is 12.5 Å². The van der Waals surface area contributed by atoms with Crippen molar-refractivity contribution in [3.63, 3.8) is 0 Å². The number of carbonyl (C=O) groups is 1. The molecule has 18 heavy (non-hydrogen) atoms. The average molecular weight is 265 g/mol. The summed E-state index contributed by atoms with van der Waals surface area (Å²) in [6, 6.07) is 3.96. The molecule has 0 saturated carbocycles. The second-order valence-corrected chi connectivity index (χ2v) is 4.83. The van der Waals surface area contributed by atoms with Gasteiger partial charge in [-0.3, -0.25) is 4.79 Å². The summed E-state index contributed by atoms with van der Waals surface area (Å²) < 4.78 is 1.54. The number of thiophene rings is 1. The standard InChI is InChI=1S/C11H15N5OS/c1-12-5-9-7-16(15-14-9)8-11(17)13-6-10-3-2-4-18-10/h2-4,7,12H,5-6,8H2,1H3,(H,13,17). The van der Waals surface area contributed by atoms with Crippen LogP contribution in [0.25, 0.3) is 0 Å². The van der Waals surface area contributed by atoms with Gasteiger partial charge in [0, 0.05) is 11.4 Å². The van der Waals surface area contributed by atoms with Crippen LogP contribution in [0.4, 0.5) is 0 Å². The van der Waals surface area contributed by atoms with Gasteiger partial charge in [0.05, 0.1) is 18.4 Å². The van der Waals surface area contributed by atoms with Crippen molar-refractivity contribution in [2.45, 2.75) is 19.6 Å². The Labute approximate surface area is 109 Å². The fourth-order valence-corrected chi connectivity index (χ4v) is 2.12. The third-order valence-corrected chi connectivity index (χ3v) is 3.17. The number of nitrogens with one attached hydrogen (secondary N) is 2. The first-order valence-corrected chi connectivity index (χ1v) is 6.48. The van der Waals surface area contributed by atoms with Gasteiger partial charge in [0.15, 0.2) is 0 Å². The van der Waals surface area contributed by atoms with Crippen molar-refractivity contribution in [3.05, 3.63) is 34.3 Å². The molecule has 0 fully saturated rings. The predicted molar refractivity (Wildman–Crippen MR) is 69.0 cm³/mol. The lowest BCUT2D eigenvalue weighted by atomic mass is 10.4. The van der Waals surface area contributed by atoms with E-state index in [0.29, 0.717) is 13.1 Å². The summed E-state index contributed by atoms with van der Waals surface area (Å²) in [5, 5.41) is 15.6. The average Bonchev–Trinajstić information content (AvgIpc) is 2.99. The third-order valence-electron chi connectivity index (χ3n) is 2.29. The smallest absolute Gasteiger partial charge is 0.242 e. The van der Waals surface area contributed by atoms with Gasteiger partial charge in [0.1, 0.15) is 6.54 Å². The van der Waals surface area contributed by atoms with Crippen molar-refractivity contribution in [3.8, 4) is 0 Å². The Bertz CT molecular complexity index is 493. The lowest BCUT2D eigenvalue weighted by Crippen LogP contribution is -2.27. The van der Waals surface area contributed by atoms with Crippen LogP contribution in [0, 0.1) is 0 Å². The van der Waals surface area contributed by atoms with Crippen LogP contribution in [0.2, 0.25) is 0 Å². The van der Waals surface area contributed by atoms with Crippen LogP contribution in [-0.4, -0.2) is 27.9 Å². The summed E-state index contributed by atoms with van der Waals surface area (Å²) in [4.78, 5) is 12.8. The molecule has 0 radical (unpaired) electrons. The molecule has 0 unspecified atom stereocenters. The Balaban J connectivity index is 1.79. The zero-order valence-electron chi connectivity index (χ0n) is 10.1. The molecule has 2 heterocycles. The van der Waals surface area contributed by atoms with Gasteiger partial charge in [-0.2, -0.15) is 0 Å². The highest BCUT2D eigenvalue weighted by Crippen LogP contribution is 2.07. The Morgan fingerprint density at radius 1 is 1.50 bits per heavy atom. The molecule has 2 aromatic rings. The molecule has 0 bridgehead atoms. The highest BCUT2D eigenvalue weighted by molar-refractivity contribution is 7.09. The van der Waals surface area contributed by atoms with Gasteiger partial charge >= 0.3 is 0 Å². The fraction of sp³-hybridized carbons (Fsp3) is 0.364. The molecule has 0 aromatic carbocycles. The van der Waals surface area contributed by atoms with E-state index in [4.69, 9.17) is 0 Å². The Hall–Kier alpha value is -1.73. The maximum atomic E-state index is 11.7. The zero-order valence-corrected chi connectivity index (χ0v) is 10.9. The Kier molecular flexibility index (Phi) is 4.43. The Morgan fingerprint density at radius 2 is 2.39 bits per heavy atom. The minimum absolute atomic E-state index is 0.0655. The molecule has 0 saturated heterocycles. The summed E-state index contributed by atoms with van der Waals surface area (Å²) >= 11 is 1.62. The molecule has 7 heteroatoms. The van der Waals surface area contributed by atoms with Crippen molar-refractivity contribution in [1.82, 2.24) is 25.6 Å².